The molecule has 0 aliphatic carbocycles. The number of carboxylic acid groups (broad SMARTS) is 1. The van der Waals surface area contributed by atoms with Gasteiger partial charge in [0.2, 0.25) is 23.6 Å². The topological polar surface area (TPSA) is 260 Å². The monoisotopic (exact) mass is 462 g/mol. The molecule has 5 atom stereocenters. The minimum Gasteiger partial charge on any atom is -0.480 e. The number of primary amides is 1. The van der Waals surface area contributed by atoms with Gasteiger partial charge in [-0.15, -0.1) is 0 Å². The lowest BCUT2D eigenvalue weighted by molar-refractivity contribution is -0.143. The molecule has 0 heterocycles. The largest absolute Gasteiger partial charge is 0.480 e. The molecule has 0 aliphatic rings. The second-order valence-electron chi connectivity index (χ2n) is 7.27. The zero-order chi connectivity index (χ0) is 24.8. The highest BCUT2D eigenvalue weighted by Gasteiger charge is 2.32. The van der Waals surface area contributed by atoms with Gasteiger partial charge in [0.1, 0.15) is 18.1 Å². The summed E-state index contributed by atoms with van der Waals surface area (Å²) < 4.78 is 0. The number of nitrogens with two attached hydrogens (primary N) is 3. The summed E-state index contributed by atoms with van der Waals surface area (Å²) in [6.07, 6.45) is -0.445. The van der Waals surface area contributed by atoms with E-state index in [1.54, 1.807) is 0 Å². The van der Waals surface area contributed by atoms with Crippen molar-refractivity contribution < 1.29 is 39.3 Å². The van der Waals surface area contributed by atoms with E-state index in [1.165, 1.54) is 6.92 Å². The lowest BCUT2D eigenvalue weighted by Crippen LogP contribution is -2.60. The molecule has 4 amide bonds. The van der Waals surface area contributed by atoms with Crippen LogP contribution >= 0.6 is 0 Å². The van der Waals surface area contributed by atoms with E-state index in [0.29, 0.717) is 25.8 Å². The van der Waals surface area contributed by atoms with Gasteiger partial charge in [-0.05, 0) is 32.7 Å². The molecule has 0 aliphatic heterocycles. The van der Waals surface area contributed by atoms with Gasteiger partial charge in [0, 0.05) is 6.42 Å². The molecule has 0 radical (unpaired) electrons. The summed E-state index contributed by atoms with van der Waals surface area (Å²) in [6.45, 7) is 0.752. The third-order valence-electron chi connectivity index (χ3n) is 4.48. The van der Waals surface area contributed by atoms with Crippen molar-refractivity contribution in [2.75, 3.05) is 13.2 Å². The van der Waals surface area contributed by atoms with Crippen molar-refractivity contribution in [1.29, 1.82) is 0 Å². The average molecular weight is 463 g/mol. The smallest absolute Gasteiger partial charge is 0.328 e. The summed E-state index contributed by atoms with van der Waals surface area (Å²) >= 11 is 0. The van der Waals surface area contributed by atoms with E-state index in [4.69, 9.17) is 27.4 Å². The quantitative estimate of drug-likeness (QED) is 0.0994. The second-order valence-corrected chi connectivity index (χ2v) is 7.27. The SMILES string of the molecule is CC(O)C(NC(=O)C(N)CCCCN)C(=O)NC(CCC(N)=O)C(=O)NC(CO)C(=O)O. The Hall–Kier alpha value is -2.81. The molecule has 14 nitrogen and oxygen atoms in total. The highest BCUT2D eigenvalue weighted by molar-refractivity contribution is 5.94. The molecule has 32 heavy (non-hydrogen) atoms. The van der Waals surface area contributed by atoms with E-state index in [2.05, 4.69) is 10.6 Å². The summed E-state index contributed by atoms with van der Waals surface area (Å²) in [7, 11) is 0. The fourth-order valence-corrected chi connectivity index (χ4v) is 2.58. The molecule has 5 unspecified atom stereocenters. The highest BCUT2D eigenvalue weighted by atomic mass is 16.4. The van der Waals surface area contributed by atoms with Gasteiger partial charge >= 0.3 is 5.97 Å². The summed E-state index contributed by atoms with van der Waals surface area (Å²) in [5, 5.41) is 34.5. The summed E-state index contributed by atoms with van der Waals surface area (Å²) in [6, 6.07) is -5.51. The number of hydrogen-bond donors (Lipinski definition) is 9. The number of amides is 4. The van der Waals surface area contributed by atoms with E-state index in [9.17, 15) is 29.1 Å². The van der Waals surface area contributed by atoms with Gasteiger partial charge in [0.15, 0.2) is 0 Å². The number of rotatable bonds is 16. The van der Waals surface area contributed by atoms with Crippen LogP contribution in [0.15, 0.2) is 0 Å². The lowest BCUT2D eigenvalue weighted by atomic mass is 10.1. The van der Waals surface area contributed by atoms with Crippen LogP contribution in [0.3, 0.4) is 0 Å². The second kappa shape index (κ2) is 15.1. The number of aliphatic carboxylic acids is 1. The predicted octanol–water partition coefficient (Wildman–Crippen LogP) is -4.38. The van der Waals surface area contributed by atoms with Crippen LogP contribution in [-0.4, -0.2) is 88.3 Å². The fraction of sp³-hybridized carbons (Fsp3) is 0.722. The number of carbonyl (C=O) groups is 5. The number of carboxylic acids is 1. The number of hydrogen-bond acceptors (Lipinski definition) is 9. The standard InChI is InChI=1S/C18H34N6O8/c1-9(26)14(24-15(28)10(20)4-2-3-7-19)17(30)22-11(5-6-13(21)27)16(29)23-12(8-25)18(31)32/h9-12,14,25-26H,2-8,19-20H2,1H3,(H2,21,27)(H,22,30)(H,23,29)(H,24,28)(H,31,32). The van der Waals surface area contributed by atoms with Crippen LogP contribution in [0.25, 0.3) is 0 Å². The van der Waals surface area contributed by atoms with Crippen LogP contribution in [0.4, 0.5) is 0 Å². The Morgan fingerprint density at radius 1 is 0.906 bits per heavy atom. The van der Waals surface area contributed by atoms with Crippen LogP contribution in [0.1, 0.15) is 39.0 Å². The minimum atomic E-state index is -1.64. The van der Waals surface area contributed by atoms with Crippen LogP contribution in [-0.2, 0) is 24.0 Å². The van der Waals surface area contributed by atoms with Gasteiger partial charge in [-0.2, -0.15) is 0 Å². The van der Waals surface area contributed by atoms with Crippen molar-refractivity contribution in [3.05, 3.63) is 0 Å². The van der Waals surface area contributed by atoms with Gasteiger partial charge in [0.25, 0.3) is 0 Å². The minimum absolute atomic E-state index is 0.288. The Morgan fingerprint density at radius 2 is 1.50 bits per heavy atom. The molecule has 0 aromatic rings. The van der Waals surface area contributed by atoms with E-state index >= 15 is 0 Å². The molecular formula is C18H34N6O8. The Bertz CT molecular complexity index is 659. The van der Waals surface area contributed by atoms with Crippen LogP contribution in [0.2, 0.25) is 0 Å². The van der Waals surface area contributed by atoms with Gasteiger partial charge in [-0.25, -0.2) is 4.79 Å². The molecule has 0 saturated carbocycles. The van der Waals surface area contributed by atoms with Gasteiger partial charge in [-0.1, -0.05) is 6.42 Å². The van der Waals surface area contributed by atoms with Crippen LogP contribution < -0.4 is 33.2 Å². The summed E-state index contributed by atoms with van der Waals surface area (Å²) in [5.41, 5.74) is 16.2. The van der Waals surface area contributed by atoms with E-state index < -0.39 is 66.5 Å². The fourth-order valence-electron chi connectivity index (χ4n) is 2.58. The Morgan fingerprint density at radius 3 is 1.97 bits per heavy atom. The summed E-state index contributed by atoms with van der Waals surface area (Å²) in [5.74, 6) is -4.97. The maximum atomic E-state index is 12.6. The average Bonchev–Trinajstić information content (AvgIpc) is 2.71. The molecule has 184 valence electrons. The van der Waals surface area contributed by atoms with Crippen LogP contribution in [0, 0.1) is 0 Å². The first-order chi connectivity index (χ1) is 14.9. The maximum Gasteiger partial charge on any atom is 0.328 e. The van der Waals surface area contributed by atoms with E-state index in [1.807, 2.05) is 5.32 Å². The van der Waals surface area contributed by atoms with Gasteiger partial charge in [0.05, 0.1) is 18.8 Å². The third kappa shape index (κ3) is 11.0. The molecule has 14 heteroatoms. The number of unbranched alkanes of at least 4 members (excludes halogenated alkanes) is 1. The zero-order valence-electron chi connectivity index (χ0n) is 18.0. The first-order valence-electron chi connectivity index (χ1n) is 10.1. The number of aliphatic hydroxyl groups excluding tert-OH is 2. The molecule has 0 saturated heterocycles. The highest BCUT2D eigenvalue weighted by Crippen LogP contribution is 2.04. The van der Waals surface area contributed by atoms with Crippen molar-refractivity contribution in [3.8, 4) is 0 Å². The normalized spacial score (nSPS) is 15.5. The third-order valence-corrected chi connectivity index (χ3v) is 4.48. The van der Waals surface area contributed by atoms with Crippen molar-refractivity contribution in [3.63, 3.8) is 0 Å². The first-order valence-corrected chi connectivity index (χ1v) is 10.1. The van der Waals surface area contributed by atoms with E-state index in [0.717, 1.165) is 0 Å². The van der Waals surface area contributed by atoms with Gasteiger partial charge < -0.3 is 48.5 Å². The Kier molecular flexibility index (Phi) is 13.7. The first kappa shape index (κ1) is 29.2. The van der Waals surface area contributed by atoms with Crippen molar-refractivity contribution in [2.45, 2.75) is 69.3 Å². The number of nitrogens with one attached hydrogen (secondary N) is 3. The predicted molar refractivity (Wildman–Crippen MR) is 112 cm³/mol. The summed E-state index contributed by atoms with van der Waals surface area (Å²) in [4.78, 5) is 59.4. The molecule has 0 spiro atoms. The molecule has 0 aromatic carbocycles. The molecule has 0 bridgehead atoms. The van der Waals surface area contributed by atoms with Crippen LogP contribution in [0.5, 0.6) is 0 Å². The Labute approximate surface area is 185 Å². The Balaban J connectivity index is 5.31. The molecule has 0 aromatic heterocycles. The van der Waals surface area contributed by atoms with Crippen molar-refractivity contribution in [1.82, 2.24) is 16.0 Å². The molecule has 12 N–H and O–H groups in total. The molecule has 0 rings (SSSR count). The van der Waals surface area contributed by atoms with Crippen molar-refractivity contribution in [2.24, 2.45) is 17.2 Å². The number of aliphatic hydroxyl groups is 2. The molecule has 0 fully saturated rings. The van der Waals surface area contributed by atoms with Crippen molar-refractivity contribution >= 4 is 29.6 Å². The maximum absolute atomic E-state index is 12.6. The van der Waals surface area contributed by atoms with Gasteiger partial charge in [-0.3, -0.25) is 19.2 Å². The zero-order valence-corrected chi connectivity index (χ0v) is 18.0. The molecular weight excluding hydrogens is 428 g/mol. The number of carbonyl (C=O) groups excluding carboxylic acids is 4. The van der Waals surface area contributed by atoms with E-state index in [-0.39, 0.29) is 12.8 Å². The lowest BCUT2D eigenvalue weighted by Gasteiger charge is -2.26.